The van der Waals surface area contributed by atoms with E-state index in [-0.39, 0.29) is 18.4 Å². The molecule has 0 saturated carbocycles. The van der Waals surface area contributed by atoms with E-state index in [9.17, 15) is 9.59 Å². The van der Waals surface area contributed by atoms with Crippen molar-refractivity contribution in [3.05, 3.63) is 75.4 Å². The highest BCUT2D eigenvalue weighted by atomic mass is 79.9. The molecule has 9 heteroatoms. The number of methoxy groups -OCH3 is 1. The Morgan fingerprint density at radius 1 is 1.13 bits per heavy atom. The van der Waals surface area contributed by atoms with Gasteiger partial charge in [-0.25, -0.2) is 4.68 Å². The molecule has 1 aromatic heterocycles. The minimum Gasteiger partial charge on any atom is -0.497 e. The van der Waals surface area contributed by atoms with E-state index < -0.39 is 0 Å². The molecule has 1 aliphatic rings. The van der Waals surface area contributed by atoms with Gasteiger partial charge in [0.1, 0.15) is 18.1 Å². The minimum absolute atomic E-state index is 0.0315. The summed E-state index contributed by atoms with van der Waals surface area (Å²) in [6.45, 7) is 0.435. The predicted molar refractivity (Wildman–Crippen MR) is 124 cm³/mol. The number of nitrogens with one attached hydrogen (secondary N) is 2. The van der Waals surface area contributed by atoms with Crippen LogP contribution in [-0.2, 0) is 29.4 Å². The number of ether oxygens (including phenoxy) is 1. The number of carbonyl (C=O) groups is 2. The molecule has 2 N–H and O–H groups in total. The second kappa shape index (κ2) is 9.57. The van der Waals surface area contributed by atoms with Crippen molar-refractivity contribution < 1.29 is 14.3 Å². The van der Waals surface area contributed by atoms with E-state index in [1.54, 1.807) is 35.7 Å². The predicted octanol–water partition coefficient (Wildman–Crippen LogP) is 3.97. The van der Waals surface area contributed by atoms with Crippen LogP contribution >= 0.6 is 27.7 Å². The van der Waals surface area contributed by atoms with Crippen LogP contribution in [0.1, 0.15) is 27.2 Å². The molecule has 3 aromatic rings. The quantitative estimate of drug-likeness (QED) is 0.512. The Bertz CT molecular complexity index is 1100. The number of carbonyl (C=O) groups excluding carboxylic acids is 2. The van der Waals surface area contributed by atoms with Crippen LogP contribution in [-0.4, -0.2) is 28.7 Å². The summed E-state index contributed by atoms with van der Waals surface area (Å²) >= 11 is 5.12. The third kappa shape index (κ3) is 5.11. The van der Waals surface area contributed by atoms with Gasteiger partial charge in [0.15, 0.2) is 0 Å². The van der Waals surface area contributed by atoms with Gasteiger partial charge in [-0.15, -0.1) is 0 Å². The molecular weight excluding hydrogens is 480 g/mol. The molecule has 0 radical (unpaired) electrons. The van der Waals surface area contributed by atoms with Crippen molar-refractivity contribution in [1.29, 1.82) is 0 Å². The van der Waals surface area contributed by atoms with Gasteiger partial charge in [-0.05, 0) is 42.0 Å². The van der Waals surface area contributed by atoms with Crippen LogP contribution in [0.5, 0.6) is 5.75 Å². The fourth-order valence-corrected chi connectivity index (χ4v) is 4.54. The van der Waals surface area contributed by atoms with Crippen molar-refractivity contribution in [2.24, 2.45) is 0 Å². The first-order valence-corrected chi connectivity index (χ1v) is 11.6. The van der Waals surface area contributed by atoms with Crippen molar-refractivity contribution in [1.82, 2.24) is 15.1 Å². The van der Waals surface area contributed by atoms with E-state index in [0.29, 0.717) is 17.9 Å². The molecule has 0 aliphatic carbocycles. The largest absolute Gasteiger partial charge is 0.497 e. The second-order valence-electron chi connectivity index (χ2n) is 7.01. The average Bonchev–Trinajstić information content (AvgIpc) is 3.35. The number of thioether (sulfide) groups is 1. The molecule has 0 fully saturated rings. The Kier molecular flexibility index (Phi) is 6.62. The molecule has 2 amide bonds. The van der Waals surface area contributed by atoms with Gasteiger partial charge in [-0.3, -0.25) is 9.59 Å². The first kappa shape index (κ1) is 21.5. The van der Waals surface area contributed by atoms with Gasteiger partial charge in [0, 0.05) is 33.7 Å². The fraction of sp³-hybridized carbons (Fsp3) is 0.227. The summed E-state index contributed by atoms with van der Waals surface area (Å²) < 4.78 is 7.64. The van der Waals surface area contributed by atoms with E-state index >= 15 is 0 Å². The summed E-state index contributed by atoms with van der Waals surface area (Å²) in [4.78, 5) is 25.3. The monoisotopic (exact) mass is 500 g/mol. The van der Waals surface area contributed by atoms with E-state index in [2.05, 4.69) is 31.7 Å². The van der Waals surface area contributed by atoms with Crippen molar-refractivity contribution in [2.75, 3.05) is 12.4 Å². The fourth-order valence-electron chi connectivity index (χ4n) is 3.24. The number of anilines is 1. The van der Waals surface area contributed by atoms with Gasteiger partial charge in [-0.1, -0.05) is 28.1 Å². The van der Waals surface area contributed by atoms with Crippen LogP contribution in [0.25, 0.3) is 0 Å². The van der Waals surface area contributed by atoms with Crippen LogP contribution in [0.2, 0.25) is 0 Å². The van der Waals surface area contributed by atoms with Gasteiger partial charge in [-0.2, -0.15) is 16.9 Å². The molecule has 7 nitrogen and oxygen atoms in total. The number of nitrogens with zero attached hydrogens (tertiary/aromatic N) is 2. The minimum atomic E-state index is -0.230. The third-order valence-corrected chi connectivity index (χ3v) is 6.40. The molecule has 160 valence electrons. The van der Waals surface area contributed by atoms with E-state index in [1.165, 1.54) is 0 Å². The molecule has 0 saturated heterocycles. The number of hydrogen-bond donors (Lipinski definition) is 2. The van der Waals surface area contributed by atoms with Gasteiger partial charge in [0.25, 0.3) is 5.91 Å². The maximum atomic E-state index is 12.7. The highest BCUT2D eigenvalue weighted by Crippen LogP contribution is 2.35. The lowest BCUT2D eigenvalue weighted by molar-refractivity contribution is -0.122. The van der Waals surface area contributed by atoms with Crippen molar-refractivity contribution in [3.8, 4) is 5.75 Å². The van der Waals surface area contributed by atoms with Gasteiger partial charge in [0.05, 0.1) is 12.8 Å². The molecular formula is C22H21BrN4O3S. The highest BCUT2D eigenvalue weighted by Gasteiger charge is 2.25. The summed E-state index contributed by atoms with van der Waals surface area (Å²) in [6, 6.07) is 14.6. The SMILES string of the molecule is COc1ccc(CNC(=O)Cn2nc3c(c2NC(=O)c2ccc(Br)cc2)CSC3)cc1. The van der Waals surface area contributed by atoms with Crippen LogP contribution in [0, 0.1) is 0 Å². The first-order valence-electron chi connectivity index (χ1n) is 9.66. The number of hydrogen-bond acceptors (Lipinski definition) is 5. The van der Waals surface area contributed by atoms with Crippen molar-refractivity contribution in [2.45, 2.75) is 24.6 Å². The molecule has 1 aliphatic heterocycles. The lowest BCUT2D eigenvalue weighted by Crippen LogP contribution is -2.28. The van der Waals surface area contributed by atoms with E-state index in [0.717, 1.165) is 38.5 Å². The maximum absolute atomic E-state index is 12.7. The molecule has 31 heavy (non-hydrogen) atoms. The zero-order chi connectivity index (χ0) is 21.8. The topological polar surface area (TPSA) is 85.2 Å². The molecule has 0 unspecified atom stereocenters. The number of aromatic nitrogens is 2. The van der Waals surface area contributed by atoms with Crippen LogP contribution in [0.3, 0.4) is 0 Å². The third-order valence-electron chi connectivity index (χ3n) is 4.90. The number of rotatable bonds is 7. The lowest BCUT2D eigenvalue weighted by Gasteiger charge is -2.12. The molecule has 0 spiro atoms. The zero-order valence-electron chi connectivity index (χ0n) is 16.9. The normalized spacial score (nSPS) is 12.3. The summed E-state index contributed by atoms with van der Waals surface area (Å²) in [5.74, 6) is 2.49. The van der Waals surface area contributed by atoms with Gasteiger partial charge in [0.2, 0.25) is 5.91 Å². The highest BCUT2D eigenvalue weighted by molar-refractivity contribution is 9.10. The first-order chi connectivity index (χ1) is 15.0. The summed E-state index contributed by atoms with van der Waals surface area (Å²) in [5.41, 5.74) is 3.41. The van der Waals surface area contributed by atoms with E-state index in [1.807, 2.05) is 36.4 Å². The van der Waals surface area contributed by atoms with Gasteiger partial charge < -0.3 is 15.4 Å². The maximum Gasteiger partial charge on any atom is 0.256 e. The summed E-state index contributed by atoms with van der Waals surface area (Å²) in [6.07, 6.45) is 0. The molecule has 4 rings (SSSR count). The molecule has 0 bridgehead atoms. The van der Waals surface area contributed by atoms with Crippen molar-refractivity contribution >= 4 is 45.3 Å². The van der Waals surface area contributed by atoms with Crippen LogP contribution in [0.15, 0.2) is 53.0 Å². The number of halogens is 1. The van der Waals surface area contributed by atoms with Crippen LogP contribution < -0.4 is 15.4 Å². The summed E-state index contributed by atoms with van der Waals surface area (Å²) in [5, 5.41) is 10.4. The smallest absolute Gasteiger partial charge is 0.256 e. The lowest BCUT2D eigenvalue weighted by atomic mass is 10.2. The summed E-state index contributed by atoms with van der Waals surface area (Å²) in [7, 11) is 1.61. The van der Waals surface area contributed by atoms with Crippen molar-refractivity contribution in [3.63, 3.8) is 0 Å². The van der Waals surface area contributed by atoms with Gasteiger partial charge >= 0.3 is 0 Å². The Balaban J connectivity index is 1.44. The molecule has 2 aromatic carbocycles. The second-order valence-corrected chi connectivity index (χ2v) is 8.91. The zero-order valence-corrected chi connectivity index (χ0v) is 19.3. The number of amides is 2. The Morgan fingerprint density at radius 2 is 1.87 bits per heavy atom. The Labute approximate surface area is 192 Å². The Morgan fingerprint density at radius 3 is 2.58 bits per heavy atom. The molecule has 2 heterocycles. The Hall–Kier alpha value is -2.78. The van der Waals surface area contributed by atoms with E-state index in [4.69, 9.17) is 4.74 Å². The molecule has 0 atom stereocenters. The van der Waals surface area contributed by atoms with Crippen LogP contribution in [0.4, 0.5) is 5.82 Å². The average molecular weight is 501 g/mol. The standard InChI is InChI=1S/C22H21BrN4O3S/c1-30-17-8-2-14(3-9-17)10-24-20(28)11-27-21(18-12-31-13-19(18)26-27)25-22(29)15-4-6-16(23)7-5-15/h2-9H,10-13H2,1H3,(H,24,28)(H,25,29). The number of fused-ring (bicyclic) bond motifs is 1. The number of benzene rings is 2.